The van der Waals surface area contributed by atoms with Crippen molar-refractivity contribution in [2.24, 2.45) is 11.0 Å². The first-order valence-corrected chi connectivity index (χ1v) is 3.53. The molecular weight excluding hydrogens is 124 g/mol. The molecule has 0 aromatic heterocycles. The lowest BCUT2D eigenvalue weighted by atomic mass is 9.94. The number of hydrogen-bond acceptors (Lipinski definition) is 2. The molecule has 0 aromatic carbocycles. The van der Waals surface area contributed by atoms with E-state index < -0.39 is 0 Å². The van der Waals surface area contributed by atoms with Crippen molar-refractivity contribution < 1.29 is 0 Å². The minimum Gasteiger partial charge on any atom is -0.282 e. The Morgan fingerprint density at radius 3 is 3.40 bits per heavy atom. The summed E-state index contributed by atoms with van der Waals surface area (Å²) in [7, 11) is 0. The maximum Gasteiger partial charge on any atom is 0.0424 e. The molecule has 52 valence electrons. The van der Waals surface area contributed by atoms with E-state index in [4.69, 9.17) is 0 Å². The van der Waals surface area contributed by atoms with Crippen LogP contribution in [0.4, 0.5) is 0 Å². The van der Waals surface area contributed by atoms with Gasteiger partial charge in [0.2, 0.25) is 0 Å². The SMILES string of the molecule is CC1=CC=C2NN=CC2C1. The molecule has 0 fully saturated rings. The van der Waals surface area contributed by atoms with Gasteiger partial charge in [-0.2, -0.15) is 5.10 Å². The fourth-order valence-corrected chi connectivity index (χ4v) is 1.34. The predicted octanol–water partition coefficient (Wildman–Crippen LogP) is 1.43. The van der Waals surface area contributed by atoms with E-state index in [1.807, 2.05) is 6.21 Å². The Kier molecular flexibility index (Phi) is 1.13. The Bertz CT molecular complexity index is 236. The molecule has 1 aliphatic heterocycles. The van der Waals surface area contributed by atoms with Gasteiger partial charge in [-0.05, 0) is 19.4 Å². The molecule has 0 saturated heterocycles. The van der Waals surface area contributed by atoms with Gasteiger partial charge in [0, 0.05) is 17.8 Å². The van der Waals surface area contributed by atoms with Gasteiger partial charge in [0.25, 0.3) is 0 Å². The third kappa shape index (κ3) is 0.764. The molecule has 2 heteroatoms. The van der Waals surface area contributed by atoms with Crippen molar-refractivity contribution in [2.75, 3.05) is 0 Å². The van der Waals surface area contributed by atoms with Gasteiger partial charge in [-0.25, -0.2) is 0 Å². The number of nitrogens with zero attached hydrogens (tertiary/aromatic N) is 1. The average molecular weight is 134 g/mol. The normalized spacial score (nSPS) is 28.7. The molecule has 1 N–H and O–H groups in total. The Balaban J connectivity index is 2.28. The number of nitrogens with one attached hydrogen (secondary N) is 1. The van der Waals surface area contributed by atoms with Crippen LogP contribution in [-0.2, 0) is 0 Å². The molecule has 0 spiro atoms. The van der Waals surface area contributed by atoms with Crippen molar-refractivity contribution >= 4 is 6.21 Å². The Hall–Kier alpha value is -1.05. The van der Waals surface area contributed by atoms with E-state index in [0.29, 0.717) is 5.92 Å². The van der Waals surface area contributed by atoms with Crippen LogP contribution in [-0.4, -0.2) is 6.21 Å². The van der Waals surface area contributed by atoms with Crippen LogP contribution in [0, 0.1) is 5.92 Å². The number of hydrazone groups is 1. The van der Waals surface area contributed by atoms with Crippen LogP contribution in [0.25, 0.3) is 0 Å². The van der Waals surface area contributed by atoms with Crippen molar-refractivity contribution in [3.8, 4) is 0 Å². The summed E-state index contributed by atoms with van der Waals surface area (Å²) in [5, 5.41) is 3.99. The molecule has 1 aliphatic carbocycles. The molecule has 1 atom stereocenters. The van der Waals surface area contributed by atoms with Crippen LogP contribution < -0.4 is 5.43 Å². The summed E-state index contributed by atoms with van der Waals surface area (Å²) >= 11 is 0. The molecule has 0 bridgehead atoms. The fraction of sp³-hybridized carbons (Fsp3) is 0.375. The smallest absolute Gasteiger partial charge is 0.0424 e. The molecule has 0 saturated carbocycles. The van der Waals surface area contributed by atoms with Crippen molar-refractivity contribution in [1.29, 1.82) is 0 Å². The molecule has 1 unspecified atom stereocenters. The lowest BCUT2D eigenvalue weighted by molar-refractivity contribution is 0.747. The summed E-state index contributed by atoms with van der Waals surface area (Å²) in [6, 6.07) is 0. The monoisotopic (exact) mass is 134 g/mol. The van der Waals surface area contributed by atoms with Crippen LogP contribution >= 0.6 is 0 Å². The summed E-state index contributed by atoms with van der Waals surface area (Å²) in [6.45, 7) is 2.15. The highest BCUT2D eigenvalue weighted by Crippen LogP contribution is 2.24. The highest BCUT2D eigenvalue weighted by Gasteiger charge is 2.18. The van der Waals surface area contributed by atoms with E-state index in [1.165, 1.54) is 11.3 Å². The van der Waals surface area contributed by atoms with Gasteiger partial charge >= 0.3 is 0 Å². The van der Waals surface area contributed by atoms with Crippen LogP contribution in [0.2, 0.25) is 0 Å². The molecule has 0 amide bonds. The quantitative estimate of drug-likeness (QED) is 0.532. The first-order valence-electron chi connectivity index (χ1n) is 3.53. The van der Waals surface area contributed by atoms with Crippen molar-refractivity contribution in [1.82, 2.24) is 5.43 Å². The van der Waals surface area contributed by atoms with Gasteiger partial charge in [-0.3, -0.25) is 5.43 Å². The molecule has 2 aliphatic rings. The number of rotatable bonds is 0. The zero-order chi connectivity index (χ0) is 6.97. The average Bonchev–Trinajstić information content (AvgIpc) is 2.33. The summed E-state index contributed by atoms with van der Waals surface area (Å²) < 4.78 is 0. The van der Waals surface area contributed by atoms with Gasteiger partial charge in [-0.15, -0.1) is 0 Å². The zero-order valence-electron chi connectivity index (χ0n) is 5.96. The standard InChI is InChI=1S/C8H10N2/c1-6-2-3-8-7(4-6)5-9-10-8/h2-3,5,7,10H,4H2,1H3. The molecule has 1 heterocycles. The van der Waals surface area contributed by atoms with Crippen molar-refractivity contribution in [2.45, 2.75) is 13.3 Å². The second kappa shape index (κ2) is 1.97. The maximum absolute atomic E-state index is 3.99. The second-order valence-corrected chi connectivity index (χ2v) is 2.84. The Labute approximate surface area is 60.3 Å². The Morgan fingerprint density at radius 1 is 1.60 bits per heavy atom. The highest BCUT2D eigenvalue weighted by atomic mass is 15.3. The minimum absolute atomic E-state index is 0.532. The van der Waals surface area contributed by atoms with Gasteiger partial charge in [-0.1, -0.05) is 11.6 Å². The van der Waals surface area contributed by atoms with Crippen molar-refractivity contribution in [3.63, 3.8) is 0 Å². The van der Waals surface area contributed by atoms with Crippen LogP contribution in [0.5, 0.6) is 0 Å². The zero-order valence-corrected chi connectivity index (χ0v) is 5.96. The molecule has 10 heavy (non-hydrogen) atoms. The van der Waals surface area contributed by atoms with Gasteiger partial charge in [0.15, 0.2) is 0 Å². The number of allylic oxidation sites excluding steroid dienone is 4. The fourth-order valence-electron chi connectivity index (χ4n) is 1.34. The predicted molar refractivity (Wildman–Crippen MR) is 41.6 cm³/mol. The molecule has 0 aromatic rings. The maximum atomic E-state index is 3.99. The van der Waals surface area contributed by atoms with E-state index in [1.54, 1.807) is 0 Å². The van der Waals surface area contributed by atoms with Crippen LogP contribution in [0.3, 0.4) is 0 Å². The van der Waals surface area contributed by atoms with Gasteiger partial charge in [0.05, 0.1) is 0 Å². The third-order valence-corrected chi connectivity index (χ3v) is 1.94. The second-order valence-electron chi connectivity index (χ2n) is 2.84. The van der Waals surface area contributed by atoms with Crippen LogP contribution in [0.1, 0.15) is 13.3 Å². The lowest BCUT2D eigenvalue weighted by Gasteiger charge is -2.13. The molecular formula is C8H10N2. The highest BCUT2D eigenvalue weighted by molar-refractivity contribution is 5.69. The number of fused-ring (bicyclic) bond motifs is 1. The molecule has 0 radical (unpaired) electrons. The van der Waals surface area contributed by atoms with Gasteiger partial charge in [0.1, 0.15) is 0 Å². The van der Waals surface area contributed by atoms with E-state index in [2.05, 4.69) is 29.6 Å². The summed E-state index contributed by atoms with van der Waals surface area (Å²) in [5.41, 5.74) is 5.64. The summed E-state index contributed by atoms with van der Waals surface area (Å²) in [4.78, 5) is 0. The van der Waals surface area contributed by atoms with E-state index in [9.17, 15) is 0 Å². The van der Waals surface area contributed by atoms with Crippen molar-refractivity contribution in [3.05, 3.63) is 23.4 Å². The summed E-state index contributed by atoms with van der Waals surface area (Å²) in [6.07, 6.45) is 7.36. The third-order valence-electron chi connectivity index (χ3n) is 1.94. The molecule has 2 rings (SSSR count). The Morgan fingerprint density at radius 2 is 2.50 bits per heavy atom. The van der Waals surface area contributed by atoms with E-state index >= 15 is 0 Å². The summed E-state index contributed by atoms with van der Waals surface area (Å²) in [5.74, 6) is 0.532. The lowest BCUT2D eigenvalue weighted by Crippen LogP contribution is -2.10. The number of hydrogen-bond donors (Lipinski definition) is 1. The topological polar surface area (TPSA) is 24.4 Å². The molecule has 2 nitrogen and oxygen atoms in total. The minimum atomic E-state index is 0.532. The van der Waals surface area contributed by atoms with Gasteiger partial charge < -0.3 is 0 Å². The first kappa shape index (κ1) is 5.71. The first-order chi connectivity index (χ1) is 4.86. The largest absolute Gasteiger partial charge is 0.282 e. The van der Waals surface area contributed by atoms with Crippen LogP contribution in [0.15, 0.2) is 28.5 Å². The van der Waals surface area contributed by atoms with E-state index in [0.717, 1.165) is 6.42 Å². The van der Waals surface area contributed by atoms with E-state index in [-0.39, 0.29) is 0 Å².